The number of nitrogens with zero attached hydrogens (tertiary/aromatic N) is 7. The van der Waals surface area contributed by atoms with Crippen molar-refractivity contribution in [2.45, 2.75) is 6.92 Å². The highest BCUT2D eigenvalue weighted by molar-refractivity contribution is 6.37. The van der Waals surface area contributed by atoms with Gasteiger partial charge in [-0.1, -0.05) is 146 Å². The SMILES string of the molecule is CC#N.N#Cc1ccc(-c2cccc3c4cccc(-c5ccc(C#N)cc5C#N)c4n(-c4cccc5c4C(=O)N(c4c(-c6ccccc6)cc(-c6ccccc6)cc4-c4ccccc4)C5=O)c23)c(C#N)c1. The number of imide groups is 1. The van der Waals surface area contributed by atoms with Crippen molar-refractivity contribution in [1.29, 1.82) is 26.3 Å². The van der Waals surface area contributed by atoms with E-state index in [-0.39, 0.29) is 22.3 Å². The van der Waals surface area contributed by atoms with Crippen LogP contribution < -0.4 is 4.90 Å². The number of fused-ring (bicyclic) bond motifs is 4. The maximum atomic E-state index is 15.9. The lowest BCUT2D eigenvalue weighted by molar-refractivity contribution is 0.0926. The summed E-state index contributed by atoms with van der Waals surface area (Å²) in [4.78, 5) is 32.6. The predicted octanol–water partition coefficient (Wildman–Crippen LogP) is 13.9. The second-order valence-corrected chi connectivity index (χ2v) is 16.6. The fraction of sp³-hybridized carbons (Fsp3) is 0.0161. The molecule has 2 heterocycles. The highest BCUT2D eigenvalue weighted by atomic mass is 16.2. The van der Waals surface area contributed by atoms with Crippen molar-refractivity contribution in [3.8, 4) is 91.7 Å². The second-order valence-electron chi connectivity index (χ2n) is 16.6. The molecule has 1 aromatic heterocycles. The Morgan fingerprint density at radius 3 is 1.27 bits per heavy atom. The number of carbonyl (C=O) groups is 2. The van der Waals surface area contributed by atoms with E-state index in [1.165, 1.54) is 11.8 Å². The molecule has 11 rings (SSSR count). The van der Waals surface area contributed by atoms with Crippen molar-refractivity contribution in [3.05, 3.63) is 228 Å². The molecule has 10 aromatic rings. The van der Waals surface area contributed by atoms with E-state index in [4.69, 9.17) is 5.26 Å². The van der Waals surface area contributed by atoms with Gasteiger partial charge in [0.1, 0.15) is 0 Å². The first-order chi connectivity index (χ1) is 34.8. The van der Waals surface area contributed by atoms with E-state index in [0.29, 0.717) is 66.9 Å². The van der Waals surface area contributed by atoms with Gasteiger partial charge in [0.2, 0.25) is 0 Å². The fourth-order valence-electron chi connectivity index (χ4n) is 9.68. The molecule has 71 heavy (non-hydrogen) atoms. The molecular formula is C62H35N7O2. The van der Waals surface area contributed by atoms with E-state index in [1.54, 1.807) is 54.6 Å². The molecule has 0 fully saturated rings. The Labute approximate surface area is 409 Å². The minimum atomic E-state index is -0.528. The van der Waals surface area contributed by atoms with Crippen LogP contribution in [0.4, 0.5) is 5.69 Å². The van der Waals surface area contributed by atoms with Gasteiger partial charge in [-0.25, -0.2) is 4.90 Å². The number of carbonyl (C=O) groups excluding carboxylic acids is 2. The van der Waals surface area contributed by atoms with E-state index in [9.17, 15) is 21.0 Å². The first-order valence-corrected chi connectivity index (χ1v) is 22.5. The van der Waals surface area contributed by atoms with E-state index < -0.39 is 11.8 Å². The largest absolute Gasteiger partial charge is 0.307 e. The monoisotopic (exact) mass is 909 g/mol. The molecule has 0 saturated carbocycles. The second kappa shape index (κ2) is 18.6. The van der Waals surface area contributed by atoms with Gasteiger partial charge in [0.05, 0.1) is 86.1 Å². The molecule has 9 aromatic carbocycles. The third-order valence-corrected chi connectivity index (χ3v) is 12.7. The molecule has 0 spiro atoms. The summed E-state index contributed by atoms with van der Waals surface area (Å²) < 4.78 is 1.97. The number of hydrogen-bond donors (Lipinski definition) is 0. The summed E-state index contributed by atoms with van der Waals surface area (Å²) in [7, 11) is 0. The summed E-state index contributed by atoms with van der Waals surface area (Å²) in [6, 6.07) is 71.0. The predicted molar refractivity (Wildman–Crippen MR) is 276 cm³/mol. The maximum absolute atomic E-state index is 15.9. The van der Waals surface area contributed by atoms with E-state index in [2.05, 4.69) is 24.3 Å². The average Bonchev–Trinajstić information content (AvgIpc) is 3.91. The summed E-state index contributed by atoms with van der Waals surface area (Å²) in [5.74, 6) is -1.02. The molecule has 0 aliphatic carbocycles. The zero-order valence-corrected chi connectivity index (χ0v) is 37.9. The van der Waals surface area contributed by atoms with Crippen molar-refractivity contribution in [2.24, 2.45) is 0 Å². The smallest absolute Gasteiger partial charge is 0.268 e. The number of amides is 2. The Morgan fingerprint density at radius 1 is 0.380 bits per heavy atom. The topological polar surface area (TPSA) is 161 Å². The molecule has 0 atom stereocenters. The van der Waals surface area contributed by atoms with Crippen LogP contribution in [0.5, 0.6) is 0 Å². The number of rotatable bonds is 7. The van der Waals surface area contributed by atoms with Crippen LogP contribution in [-0.2, 0) is 0 Å². The quantitative estimate of drug-likeness (QED) is 0.144. The Hall–Kier alpha value is -10.6. The number of anilines is 1. The van der Waals surface area contributed by atoms with Crippen LogP contribution in [0, 0.1) is 56.7 Å². The van der Waals surface area contributed by atoms with Crippen molar-refractivity contribution < 1.29 is 9.59 Å². The molecule has 330 valence electrons. The van der Waals surface area contributed by atoms with E-state index in [0.717, 1.165) is 33.0 Å². The molecule has 0 N–H and O–H groups in total. The molecule has 1 aliphatic rings. The Balaban J connectivity index is 0.00000189. The summed E-state index contributed by atoms with van der Waals surface area (Å²) >= 11 is 0. The molecule has 0 unspecified atom stereocenters. The lowest BCUT2D eigenvalue weighted by atomic mass is 9.90. The van der Waals surface area contributed by atoms with E-state index >= 15 is 9.59 Å². The maximum Gasteiger partial charge on any atom is 0.268 e. The zero-order chi connectivity index (χ0) is 49.2. The third-order valence-electron chi connectivity index (χ3n) is 12.7. The summed E-state index contributed by atoms with van der Waals surface area (Å²) in [6.07, 6.45) is 0. The Morgan fingerprint density at radius 2 is 0.817 bits per heavy atom. The van der Waals surface area contributed by atoms with Gasteiger partial charge in [-0.05, 0) is 70.8 Å². The van der Waals surface area contributed by atoms with Gasteiger partial charge >= 0.3 is 0 Å². The van der Waals surface area contributed by atoms with Crippen LogP contribution in [-0.4, -0.2) is 16.4 Å². The third kappa shape index (κ3) is 7.50. The molecule has 9 nitrogen and oxygen atoms in total. The van der Waals surface area contributed by atoms with Gasteiger partial charge in [0.15, 0.2) is 0 Å². The van der Waals surface area contributed by atoms with Crippen molar-refractivity contribution in [1.82, 2.24) is 4.57 Å². The number of nitriles is 5. The van der Waals surface area contributed by atoms with Crippen molar-refractivity contribution in [2.75, 3.05) is 4.90 Å². The standard InChI is InChI=1S/C60H32N6O2.C2H3N/c61-33-37-25-27-45(43(29-37)35-63)47-19-10-21-49-50-22-11-20-48(46-28-26-38(34-62)30-44(46)36-64)57(50)65(56(47)49)54-24-12-23-51-55(54)60(68)66(59(51)67)58-52(40-15-6-2-7-16-40)31-42(39-13-4-1-5-14-39)32-53(58)41-17-8-3-9-18-41;1-2-3/h1-32H;1H3. The molecule has 0 radical (unpaired) electrons. The Bertz CT molecular complexity index is 3850. The first-order valence-electron chi connectivity index (χ1n) is 22.5. The van der Waals surface area contributed by atoms with Crippen molar-refractivity contribution >= 4 is 39.3 Å². The number of aromatic nitrogens is 1. The van der Waals surface area contributed by atoms with Gasteiger partial charge in [-0.3, -0.25) is 9.59 Å². The number of hydrogen-bond acceptors (Lipinski definition) is 7. The molecular weight excluding hydrogens is 875 g/mol. The molecule has 0 bridgehead atoms. The van der Waals surface area contributed by atoms with Gasteiger partial charge in [0, 0.05) is 51.1 Å². The summed E-state index contributed by atoms with van der Waals surface area (Å²) in [6.45, 7) is 1.43. The summed E-state index contributed by atoms with van der Waals surface area (Å²) in [5, 5.41) is 49.5. The normalized spacial score (nSPS) is 11.4. The van der Waals surface area contributed by atoms with E-state index in [1.807, 2.05) is 150 Å². The van der Waals surface area contributed by atoms with Crippen LogP contribution in [0.1, 0.15) is 49.9 Å². The van der Waals surface area contributed by atoms with Crippen LogP contribution >= 0.6 is 0 Å². The molecule has 1 aliphatic heterocycles. The molecule has 2 amide bonds. The number of para-hydroxylation sites is 2. The van der Waals surface area contributed by atoms with Gasteiger partial charge in [-0.15, -0.1) is 0 Å². The lowest BCUT2D eigenvalue weighted by Gasteiger charge is -2.24. The minimum Gasteiger partial charge on any atom is -0.307 e. The van der Waals surface area contributed by atoms with Crippen LogP contribution in [0.15, 0.2) is 194 Å². The average molecular weight is 910 g/mol. The highest BCUT2D eigenvalue weighted by Gasteiger charge is 2.42. The zero-order valence-electron chi connectivity index (χ0n) is 37.9. The van der Waals surface area contributed by atoms with Gasteiger partial charge in [0.25, 0.3) is 11.8 Å². The fourth-order valence-corrected chi connectivity index (χ4v) is 9.68. The van der Waals surface area contributed by atoms with Crippen LogP contribution in [0.25, 0.3) is 83.1 Å². The molecule has 9 heteroatoms. The minimum absolute atomic E-state index is 0.173. The first kappa shape index (κ1) is 44.2. The van der Waals surface area contributed by atoms with Crippen molar-refractivity contribution in [3.63, 3.8) is 0 Å². The highest BCUT2D eigenvalue weighted by Crippen LogP contribution is 2.49. The lowest BCUT2D eigenvalue weighted by Crippen LogP contribution is -2.30. The molecule has 0 saturated heterocycles. The Kier molecular flexibility index (Phi) is 11.6. The van der Waals surface area contributed by atoms with Gasteiger partial charge in [-0.2, -0.15) is 26.3 Å². The van der Waals surface area contributed by atoms with Crippen LogP contribution in [0.3, 0.4) is 0 Å². The van der Waals surface area contributed by atoms with Gasteiger partial charge < -0.3 is 4.57 Å². The number of benzene rings is 9. The summed E-state index contributed by atoms with van der Waals surface area (Å²) in [5.41, 5.74) is 11.0. The van der Waals surface area contributed by atoms with Crippen LogP contribution in [0.2, 0.25) is 0 Å².